The second-order valence-electron chi connectivity index (χ2n) is 5.25. The maximum atomic E-state index is 12.8. The first kappa shape index (κ1) is 15.7. The van der Waals surface area contributed by atoms with Crippen LogP contribution in [0.4, 0.5) is 0 Å². The van der Waals surface area contributed by atoms with Crippen LogP contribution in [-0.2, 0) is 27.8 Å². The molecule has 0 aromatic carbocycles. The number of rotatable bonds is 5. The van der Waals surface area contributed by atoms with Crippen LogP contribution in [0.3, 0.4) is 0 Å². The normalized spacial score (nSPS) is 19.8. The summed E-state index contributed by atoms with van der Waals surface area (Å²) in [6, 6.07) is 3.41. The summed E-state index contributed by atoms with van der Waals surface area (Å²) in [5.41, 5.74) is 0. The standard InChI is InChI=1S/C14H19N3O3S2/c1-2-20-11-12-8-16-6-5-15-13(16)10-17(9-12)22(18,19)14-4-3-7-21-14/h3-7,12H,2,8-11H2,1H3/t12-/m0/s1. The zero-order valence-electron chi connectivity index (χ0n) is 12.4. The molecule has 0 amide bonds. The lowest BCUT2D eigenvalue weighted by Crippen LogP contribution is -2.35. The molecule has 0 N–H and O–H groups in total. The molecule has 0 saturated carbocycles. The van der Waals surface area contributed by atoms with Crippen molar-refractivity contribution < 1.29 is 13.2 Å². The molecule has 0 aliphatic carbocycles. The van der Waals surface area contributed by atoms with Crippen LogP contribution >= 0.6 is 11.3 Å². The number of hydrogen-bond donors (Lipinski definition) is 0. The Morgan fingerprint density at radius 1 is 1.45 bits per heavy atom. The summed E-state index contributed by atoms with van der Waals surface area (Å²) in [4.78, 5) is 4.30. The van der Waals surface area contributed by atoms with Gasteiger partial charge in [-0.1, -0.05) is 6.07 Å². The number of fused-ring (bicyclic) bond motifs is 1. The van der Waals surface area contributed by atoms with Crippen molar-refractivity contribution in [3.05, 3.63) is 35.7 Å². The summed E-state index contributed by atoms with van der Waals surface area (Å²) in [6.07, 6.45) is 3.61. The van der Waals surface area contributed by atoms with Gasteiger partial charge in [-0.25, -0.2) is 13.4 Å². The Morgan fingerprint density at radius 3 is 3.05 bits per heavy atom. The summed E-state index contributed by atoms with van der Waals surface area (Å²) in [5.74, 6) is 0.893. The maximum absolute atomic E-state index is 12.8. The molecule has 3 heterocycles. The van der Waals surface area contributed by atoms with Crippen molar-refractivity contribution in [2.75, 3.05) is 19.8 Å². The van der Waals surface area contributed by atoms with E-state index in [9.17, 15) is 8.42 Å². The van der Waals surface area contributed by atoms with Crippen molar-refractivity contribution in [2.24, 2.45) is 5.92 Å². The molecule has 0 unspecified atom stereocenters. The topological polar surface area (TPSA) is 64.4 Å². The fraction of sp³-hybridized carbons (Fsp3) is 0.500. The Morgan fingerprint density at radius 2 is 2.32 bits per heavy atom. The Kier molecular flexibility index (Phi) is 4.62. The Hall–Kier alpha value is -1.22. The van der Waals surface area contributed by atoms with Gasteiger partial charge in [-0.3, -0.25) is 0 Å². The monoisotopic (exact) mass is 341 g/mol. The summed E-state index contributed by atoms with van der Waals surface area (Å²) in [7, 11) is -3.48. The highest BCUT2D eigenvalue weighted by molar-refractivity contribution is 7.91. The van der Waals surface area contributed by atoms with Gasteiger partial charge in [0.25, 0.3) is 10.0 Å². The van der Waals surface area contributed by atoms with E-state index in [-0.39, 0.29) is 5.92 Å². The van der Waals surface area contributed by atoms with Gasteiger partial charge in [0.05, 0.1) is 13.2 Å². The summed E-state index contributed by atoms with van der Waals surface area (Å²) in [6.45, 7) is 4.60. The average molecular weight is 341 g/mol. The maximum Gasteiger partial charge on any atom is 0.252 e. The van der Waals surface area contributed by atoms with Gasteiger partial charge >= 0.3 is 0 Å². The first-order chi connectivity index (χ1) is 10.6. The van der Waals surface area contributed by atoms with Gasteiger partial charge in [-0.15, -0.1) is 11.3 Å². The van der Waals surface area contributed by atoms with Gasteiger partial charge in [-0.2, -0.15) is 4.31 Å². The number of sulfonamides is 1. The quantitative estimate of drug-likeness (QED) is 0.832. The molecular weight excluding hydrogens is 322 g/mol. The van der Waals surface area contributed by atoms with Crippen molar-refractivity contribution in [1.29, 1.82) is 0 Å². The lowest BCUT2D eigenvalue weighted by molar-refractivity contribution is 0.0979. The smallest absolute Gasteiger partial charge is 0.252 e. The fourth-order valence-corrected chi connectivity index (χ4v) is 5.23. The van der Waals surface area contributed by atoms with Crippen LogP contribution < -0.4 is 0 Å². The molecule has 2 aromatic rings. The van der Waals surface area contributed by atoms with Gasteiger partial charge in [0, 0.05) is 38.0 Å². The third-order valence-electron chi connectivity index (χ3n) is 3.68. The lowest BCUT2D eigenvalue weighted by atomic mass is 10.1. The molecule has 0 fully saturated rings. The zero-order valence-corrected chi connectivity index (χ0v) is 14.0. The molecule has 0 spiro atoms. The van der Waals surface area contributed by atoms with Gasteiger partial charge in [0.1, 0.15) is 10.0 Å². The molecule has 3 rings (SSSR count). The van der Waals surface area contributed by atoms with E-state index >= 15 is 0 Å². The molecule has 1 aliphatic heterocycles. The van der Waals surface area contributed by atoms with Gasteiger partial charge < -0.3 is 9.30 Å². The van der Waals surface area contributed by atoms with Crippen LogP contribution in [0.5, 0.6) is 0 Å². The van der Waals surface area contributed by atoms with Crippen molar-refractivity contribution in [3.8, 4) is 0 Å². The molecule has 0 bridgehead atoms. The largest absolute Gasteiger partial charge is 0.381 e. The number of nitrogens with zero attached hydrogens (tertiary/aromatic N) is 3. The van der Waals surface area contributed by atoms with Crippen LogP contribution in [0, 0.1) is 5.92 Å². The highest BCUT2D eigenvalue weighted by Gasteiger charge is 2.32. The number of ether oxygens (including phenoxy) is 1. The van der Waals surface area contributed by atoms with E-state index in [0.29, 0.717) is 30.5 Å². The molecule has 8 heteroatoms. The Bertz CT molecular complexity index is 710. The molecule has 6 nitrogen and oxygen atoms in total. The number of hydrogen-bond acceptors (Lipinski definition) is 5. The van der Waals surface area contributed by atoms with E-state index in [2.05, 4.69) is 4.98 Å². The molecule has 120 valence electrons. The number of imidazole rings is 1. The Labute approximate surface area is 134 Å². The third-order valence-corrected chi connectivity index (χ3v) is 6.87. The van der Waals surface area contributed by atoms with E-state index in [0.717, 1.165) is 12.4 Å². The first-order valence-electron chi connectivity index (χ1n) is 7.22. The number of thiophene rings is 1. The zero-order chi connectivity index (χ0) is 15.6. The van der Waals surface area contributed by atoms with E-state index in [1.807, 2.05) is 17.7 Å². The van der Waals surface area contributed by atoms with Crippen molar-refractivity contribution in [1.82, 2.24) is 13.9 Å². The van der Waals surface area contributed by atoms with Gasteiger partial charge in [-0.05, 0) is 18.4 Å². The van der Waals surface area contributed by atoms with Crippen LogP contribution in [0.25, 0.3) is 0 Å². The highest BCUT2D eigenvalue weighted by Crippen LogP contribution is 2.26. The van der Waals surface area contributed by atoms with Gasteiger partial charge in [0.2, 0.25) is 0 Å². The minimum absolute atomic E-state index is 0.116. The third kappa shape index (κ3) is 3.10. The molecular formula is C14H19N3O3S2. The van der Waals surface area contributed by atoms with E-state index in [1.54, 1.807) is 23.7 Å². The molecule has 0 radical (unpaired) electrons. The Balaban J connectivity index is 1.90. The van der Waals surface area contributed by atoms with Crippen molar-refractivity contribution in [3.63, 3.8) is 0 Å². The van der Waals surface area contributed by atoms with Crippen molar-refractivity contribution >= 4 is 21.4 Å². The van der Waals surface area contributed by atoms with Crippen LogP contribution in [0.2, 0.25) is 0 Å². The van der Waals surface area contributed by atoms with Crippen LogP contribution in [0.1, 0.15) is 12.7 Å². The average Bonchev–Trinajstić information content (AvgIpc) is 3.14. The minimum atomic E-state index is -3.48. The molecule has 0 saturated heterocycles. The fourth-order valence-electron chi connectivity index (χ4n) is 2.61. The predicted octanol–water partition coefficient (Wildman–Crippen LogP) is 1.80. The van der Waals surface area contributed by atoms with Crippen molar-refractivity contribution in [2.45, 2.75) is 24.2 Å². The van der Waals surface area contributed by atoms with Crippen LogP contribution in [-0.4, -0.2) is 42.0 Å². The molecule has 2 aromatic heterocycles. The molecule has 22 heavy (non-hydrogen) atoms. The number of aromatic nitrogens is 2. The summed E-state index contributed by atoms with van der Waals surface area (Å²) >= 11 is 1.24. The highest BCUT2D eigenvalue weighted by atomic mass is 32.2. The van der Waals surface area contributed by atoms with E-state index < -0.39 is 10.0 Å². The van der Waals surface area contributed by atoms with Crippen LogP contribution in [0.15, 0.2) is 34.1 Å². The summed E-state index contributed by atoms with van der Waals surface area (Å²) < 4.78 is 35.1. The SMILES string of the molecule is CCOC[C@@H]1CN(S(=O)(=O)c2cccs2)Cc2nccn2C1. The lowest BCUT2D eigenvalue weighted by Gasteiger charge is -2.22. The van der Waals surface area contributed by atoms with E-state index in [1.165, 1.54) is 15.6 Å². The molecule has 1 atom stereocenters. The summed E-state index contributed by atoms with van der Waals surface area (Å²) in [5, 5.41) is 1.78. The molecule has 1 aliphatic rings. The van der Waals surface area contributed by atoms with E-state index in [4.69, 9.17) is 4.74 Å². The van der Waals surface area contributed by atoms with Gasteiger partial charge in [0.15, 0.2) is 0 Å². The minimum Gasteiger partial charge on any atom is -0.381 e. The first-order valence-corrected chi connectivity index (χ1v) is 9.54. The predicted molar refractivity (Wildman–Crippen MR) is 84.1 cm³/mol. The second kappa shape index (κ2) is 6.49. The second-order valence-corrected chi connectivity index (χ2v) is 8.36.